The van der Waals surface area contributed by atoms with Crippen LogP contribution < -0.4 is 14.2 Å². The standard InChI is InChI=1S/C16H9N3O3/c17-9-20-14-6-5-13(16(8-14)22-11-19)7-12-3-1-2-4-15(12)21-10-18/h1-6,8H,7H2. The van der Waals surface area contributed by atoms with Gasteiger partial charge < -0.3 is 14.2 Å². The minimum Gasteiger partial charge on any atom is -0.388 e. The van der Waals surface area contributed by atoms with E-state index in [1.807, 2.05) is 12.1 Å². The lowest BCUT2D eigenvalue weighted by Gasteiger charge is -2.10. The van der Waals surface area contributed by atoms with E-state index >= 15 is 0 Å². The zero-order chi connectivity index (χ0) is 15.8. The summed E-state index contributed by atoms with van der Waals surface area (Å²) < 4.78 is 14.5. The van der Waals surface area contributed by atoms with Gasteiger partial charge in [0.1, 0.15) is 17.2 Å². The average molecular weight is 291 g/mol. The summed E-state index contributed by atoms with van der Waals surface area (Å²) in [6.45, 7) is 0. The summed E-state index contributed by atoms with van der Waals surface area (Å²) in [7, 11) is 0. The number of benzene rings is 2. The first kappa shape index (κ1) is 14.7. The van der Waals surface area contributed by atoms with Crippen molar-refractivity contribution in [3.05, 3.63) is 53.6 Å². The van der Waals surface area contributed by atoms with Crippen LogP contribution in [0.15, 0.2) is 42.5 Å². The Balaban J connectivity index is 2.36. The van der Waals surface area contributed by atoms with Crippen molar-refractivity contribution in [1.29, 1.82) is 15.8 Å². The molecule has 0 amide bonds. The molecule has 2 aromatic rings. The van der Waals surface area contributed by atoms with Gasteiger partial charge in [0.05, 0.1) is 0 Å². The molecule has 0 aliphatic heterocycles. The maximum Gasteiger partial charge on any atom is 0.292 e. The van der Waals surface area contributed by atoms with E-state index in [2.05, 4.69) is 0 Å². The number of ether oxygens (including phenoxy) is 3. The minimum atomic E-state index is 0.276. The molecule has 0 unspecified atom stereocenters. The fourth-order valence-electron chi connectivity index (χ4n) is 1.95. The zero-order valence-corrected chi connectivity index (χ0v) is 11.3. The molecule has 0 saturated carbocycles. The molecule has 106 valence electrons. The Hall–Kier alpha value is -3.69. The summed E-state index contributed by atoms with van der Waals surface area (Å²) in [5.74, 6) is 0.991. The third-order valence-corrected chi connectivity index (χ3v) is 2.87. The van der Waals surface area contributed by atoms with Gasteiger partial charge in [0.2, 0.25) is 0 Å². The van der Waals surface area contributed by atoms with Crippen LogP contribution in [-0.4, -0.2) is 0 Å². The molecule has 0 bridgehead atoms. The second-order valence-electron chi connectivity index (χ2n) is 4.13. The highest BCUT2D eigenvalue weighted by Crippen LogP contribution is 2.29. The molecule has 0 spiro atoms. The number of nitrogens with zero attached hydrogens (tertiary/aromatic N) is 3. The van der Waals surface area contributed by atoms with Crippen molar-refractivity contribution >= 4 is 0 Å². The van der Waals surface area contributed by atoms with Gasteiger partial charge in [0.15, 0.2) is 0 Å². The summed E-state index contributed by atoms with van der Waals surface area (Å²) in [6.07, 6.45) is 5.18. The molecule has 0 fully saturated rings. The lowest BCUT2D eigenvalue weighted by molar-refractivity contribution is 0.479. The van der Waals surface area contributed by atoms with Gasteiger partial charge >= 0.3 is 0 Å². The first-order valence-electron chi connectivity index (χ1n) is 6.17. The number of para-hydroxylation sites is 1. The van der Waals surface area contributed by atoms with Crippen molar-refractivity contribution in [3.8, 4) is 36.0 Å². The third-order valence-electron chi connectivity index (χ3n) is 2.87. The number of nitriles is 3. The van der Waals surface area contributed by atoms with Crippen LogP contribution in [0.25, 0.3) is 0 Å². The molecule has 6 nitrogen and oxygen atoms in total. The van der Waals surface area contributed by atoms with Crippen molar-refractivity contribution in [1.82, 2.24) is 0 Å². The Morgan fingerprint density at radius 1 is 0.727 bits per heavy atom. The molecule has 0 aliphatic rings. The molecule has 0 N–H and O–H groups in total. The van der Waals surface area contributed by atoms with Crippen molar-refractivity contribution in [2.45, 2.75) is 6.42 Å². The monoisotopic (exact) mass is 291 g/mol. The van der Waals surface area contributed by atoms with E-state index in [0.717, 1.165) is 5.56 Å². The lowest BCUT2D eigenvalue weighted by Crippen LogP contribution is -1.97. The predicted molar refractivity (Wildman–Crippen MR) is 74.4 cm³/mol. The molecule has 0 saturated heterocycles. The number of hydrogen-bond donors (Lipinski definition) is 0. The molecule has 0 aromatic heterocycles. The summed E-state index contributed by atoms with van der Waals surface area (Å²) in [5.41, 5.74) is 1.46. The molecule has 22 heavy (non-hydrogen) atoms. The molecule has 0 heterocycles. The summed E-state index contributed by atoms with van der Waals surface area (Å²) >= 11 is 0. The summed E-state index contributed by atoms with van der Waals surface area (Å²) in [6, 6.07) is 11.8. The van der Waals surface area contributed by atoms with Crippen LogP contribution in [0, 0.1) is 34.6 Å². The molecule has 6 heteroatoms. The minimum absolute atomic E-state index is 0.276. The van der Waals surface area contributed by atoms with E-state index in [1.54, 1.807) is 43.0 Å². The Kier molecular flexibility index (Phi) is 4.81. The fraction of sp³-hybridized carbons (Fsp3) is 0.0625. The Bertz CT molecular complexity index is 798. The second-order valence-corrected chi connectivity index (χ2v) is 4.13. The van der Waals surface area contributed by atoms with Crippen molar-refractivity contribution in [2.75, 3.05) is 0 Å². The topological polar surface area (TPSA) is 99.1 Å². The largest absolute Gasteiger partial charge is 0.388 e. The van der Waals surface area contributed by atoms with E-state index in [1.165, 1.54) is 6.07 Å². The van der Waals surface area contributed by atoms with Gasteiger partial charge in [-0.05, 0) is 12.1 Å². The van der Waals surface area contributed by atoms with Crippen molar-refractivity contribution in [3.63, 3.8) is 0 Å². The van der Waals surface area contributed by atoms with Gasteiger partial charge in [0.25, 0.3) is 18.8 Å². The number of rotatable bonds is 5. The van der Waals surface area contributed by atoms with E-state index in [-0.39, 0.29) is 11.5 Å². The van der Waals surface area contributed by atoms with Crippen molar-refractivity contribution in [2.24, 2.45) is 0 Å². The zero-order valence-electron chi connectivity index (χ0n) is 11.3. The summed E-state index contributed by atoms with van der Waals surface area (Å²) in [5, 5.41) is 25.9. The van der Waals surface area contributed by atoms with Crippen LogP contribution >= 0.6 is 0 Å². The Labute approximate surface area is 126 Å². The molecule has 2 rings (SSSR count). The summed E-state index contributed by atoms with van der Waals surface area (Å²) in [4.78, 5) is 0. The van der Waals surface area contributed by atoms with Gasteiger partial charge in [-0.1, -0.05) is 24.3 Å². The number of hydrogen-bond acceptors (Lipinski definition) is 6. The first-order chi connectivity index (χ1) is 10.8. The second kappa shape index (κ2) is 7.19. The van der Waals surface area contributed by atoms with E-state index < -0.39 is 0 Å². The van der Waals surface area contributed by atoms with Gasteiger partial charge in [-0.25, -0.2) is 0 Å². The molecular formula is C16H9N3O3. The van der Waals surface area contributed by atoms with E-state index in [4.69, 9.17) is 30.0 Å². The van der Waals surface area contributed by atoms with Crippen LogP contribution in [0.3, 0.4) is 0 Å². The highest BCUT2D eigenvalue weighted by molar-refractivity contribution is 5.46. The smallest absolute Gasteiger partial charge is 0.292 e. The average Bonchev–Trinajstić information content (AvgIpc) is 2.52. The van der Waals surface area contributed by atoms with Crippen LogP contribution in [0.1, 0.15) is 11.1 Å². The van der Waals surface area contributed by atoms with Gasteiger partial charge in [-0.15, -0.1) is 15.8 Å². The highest BCUT2D eigenvalue weighted by atomic mass is 16.5. The molecule has 0 aliphatic carbocycles. The molecule has 0 radical (unpaired) electrons. The van der Waals surface area contributed by atoms with Crippen LogP contribution in [0.5, 0.6) is 17.2 Å². The van der Waals surface area contributed by atoms with Crippen molar-refractivity contribution < 1.29 is 14.2 Å². The molecular weight excluding hydrogens is 282 g/mol. The van der Waals surface area contributed by atoms with Crippen LogP contribution in [-0.2, 0) is 6.42 Å². The molecule has 0 atom stereocenters. The first-order valence-corrected chi connectivity index (χ1v) is 6.17. The SMILES string of the molecule is N#COc1ccc(Cc2ccccc2OC#N)c(OC#N)c1. The maximum atomic E-state index is 8.72. The van der Waals surface area contributed by atoms with Gasteiger partial charge in [-0.3, -0.25) is 0 Å². The van der Waals surface area contributed by atoms with Gasteiger partial charge in [-0.2, -0.15) is 0 Å². The van der Waals surface area contributed by atoms with E-state index in [0.29, 0.717) is 17.7 Å². The molecule has 2 aromatic carbocycles. The van der Waals surface area contributed by atoms with Gasteiger partial charge in [0, 0.05) is 23.6 Å². The predicted octanol–water partition coefficient (Wildman–Crippen LogP) is 2.86. The van der Waals surface area contributed by atoms with E-state index in [9.17, 15) is 0 Å². The van der Waals surface area contributed by atoms with Crippen LogP contribution in [0.2, 0.25) is 0 Å². The fourth-order valence-corrected chi connectivity index (χ4v) is 1.95. The quantitative estimate of drug-likeness (QED) is 0.785. The normalized spacial score (nSPS) is 8.95. The lowest BCUT2D eigenvalue weighted by atomic mass is 10.0. The third kappa shape index (κ3) is 3.45. The van der Waals surface area contributed by atoms with Crippen LogP contribution in [0.4, 0.5) is 0 Å². The Morgan fingerprint density at radius 2 is 1.36 bits per heavy atom. The maximum absolute atomic E-state index is 8.72. The Morgan fingerprint density at radius 3 is 2.09 bits per heavy atom. The highest BCUT2D eigenvalue weighted by Gasteiger charge is 2.11.